The monoisotopic (exact) mass is 418 g/mol. The number of rotatable bonds is 5. The predicted molar refractivity (Wildman–Crippen MR) is 109 cm³/mol. The topological polar surface area (TPSA) is 76.1 Å². The molecule has 0 atom stereocenters. The van der Waals surface area contributed by atoms with Gasteiger partial charge in [0.2, 0.25) is 0 Å². The molecular formula is C20H19FN2O3S2. The van der Waals surface area contributed by atoms with Crippen LogP contribution in [-0.4, -0.2) is 24.6 Å². The molecular weight excluding hydrogens is 399 g/mol. The minimum Gasteiger partial charge on any atom is -0.298 e. The molecule has 0 saturated heterocycles. The predicted octanol–water partition coefficient (Wildman–Crippen LogP) is 4.69. The van der Waals surface area contributed by atoms with Crippen molar-refractivity contribution in [1.82, 2.24) is 4.98 Å². The van der Waals surface area contributed by atoms with E-state index in [1.54, 1.807) is 26.0 Å². The summed E-state index contributed by atoms with van der Waals surface area (Å²) >= 11 is 1.32. The minimum atomic E-state index is -3.38. The number of thiazole rings is 1. The highest BCUT2D eigenvalue weighted by Crippen LogP contribution is 2.30. The number of nitrogens with one attached hydrogen (secondary N) is 1. The Labute approximate surface area is 167 Å². The van der Waals surface area contributed by atoms with Crippen molar-refractivity contribution in [2.24, 2.45) is 0 Å². The molecule has 8 heteroatoms. The van der Waals surface area contributed by atoms with E-state index in [4.69, 9.17) is 0 Å². The van der Waals surface area contributed by atoms with Crippen LogP contribution in [0, 0.1) is 12.7 Å². The molecule has 1 amide bonds. The summed E-state index contributed by atoms with van der Waals surface area (Å²) < 4.78 is 37.4. The van der Waals surface area contributed by atoms with Crippen molar-refractivity contribution in [3.05, 3.63) is 64.8 Å². The van der Waals surface area contributed by atoms with Gasteiger partial charge in [0.25, 0.3) is 5.91 Å². The number of benzene rings is 2. The third-order valence-corrected chi connectivity index (χ3v) is 7.26. The first-order chi connectivity index (χ1) is 13.2. The Morgan fingerprint density at radius 1 is 1.07 bits per heavy atom. The fraction of sp³-hybridized carbons (Fsp3) is 0.200. The molecule has 5 nitrogen and oxygen atoms in total. The molecule has 146 valence electrons. The van der Waals surface area contributed by atoms with Gasteiger partial charge in [-0.15, -0.1) is 11.3 Å². The molecule has 0 fully saturated rings. The van der Waals surface area contributed by atoms with Gasteiger partial charge in [0, 0.05) is 16.0 Å². The van der Waals surface area contributed by atoms with Crippen molar-refractivity contribution in [2.75, 3.05) is 5.32 Å². The number of carbonyl (C=O) groups excluding carboxylic acids is 1. The standard InChI is InChI=1S/C20H19FN2O3S2/c1-12(2)28(25,26)17-10-6-15(7-11-17)19(24)23-20-22-18(13(3)27-20)14-4-8-16(21)9-5-14/h4-12H,1-3H3,(H,22,23,24). The van der Waals surface area contributed by atoms with Gasteiger partial charge in [0.15, 0.2) is 15.0 Å². The molecule has 28 heavy (non-hydrogen) atoms. The van der Waals surface area contributed by atoms with E-state index in [1.807, 2.05) is 6.92 Å². The van der Waals surface area contributed by atoms with Gasteiger partial charge in [0.1, 0.15) is 5.82 Å². The van der Waals surface area contributed by atoms with E-state index in [0.29, 0.717) is 16.4 Å². The SMILES string of the molecule is Cc1sc(NC(=O)c2ccc(S(=O)(=O)C(C)C)cc2)nc1-c1ccc(F)cc1. The molecule has 0 spiro atoms. The van der Waals surface area contributed by atoms with Crippen molar-refractivity contribution in [1.29, 1.82) is 0 Å². The number of halogens is 1. The van der Waals surface area contributed by atoms with Gasteiger partial charge in [-0.2, -0.15) is 0 Å². The zero-order valence-electron chi connectivity index (χ0n) is 15.6. The van der Waals surface area contributed by atoms with E-state index in [1.165, 1.54) is 47.7 Å². The normalized spacial score (nSPS) is 11.6. The average molecular weight is 419 g/mol. The lowest BCUT2D eigenvalue weighted by atomic mass is 10.1. The number of carbonyl (C=O) groups is 1. The number of anilines is 1. The Morgan fingerprint density at radius 3 is 2.25 bits per heavy atom. The largest absolute Gasteiger partial charge is 0.298 e. The van der Waals surface area contributed by atoms with Gasteiger partial charge in [-0.1, -0.05) is 0 Å². The lowest BCUT2D eigenvalue weighted by Crippen LogP contribution is -2.15. The zero-order valence-corrected chi connectivity index (χ0v) is 17.2. The summed E-state index contributed by atoms with van der Waals surface area (Å²) in [6.07, 6.45) is 0. The van der Waals surface area contributed by atoms with Crippen LogP contribution in [0.15, 0.2) is 53.4 Å². The van der Waals surface area contributed by atoms with Crippen molar-refractivity contribution < 1.29 is 17.6 Å². The Kier molecular flexibility index (Phi) is 5.62. The summed E-state index contributed by atoms with van der Waals surface area (Å²) in [5, 5.41) is 2.61. The molecule has 1 heterocycles. The van der Waals surface area contributed by atoms with Crippen molar-refractivity contribution in [3.8, 4) is 11.3 Å². The maximum absolute atomic E-state index is 13.1. The van der Waals surface area contributed by atoms with Crippen molar-refractivity contribution >= 4 is 32.2 Å². The molecule has 1 aromatic heterocycles. The number of aryl methyl sites for hydroxylation is 1. The molecule has 1 N–H and O–H groups in total. The number of aromatic nitrogens is 1. The van der Waals surface area contributed by atoms with Crippen LogP contribution in [0.5, 0.6) is 0 Å². The van der Waals surface area contributed by atoms with E-state index in [2.05, 4.69) is 10.3 Å². The highest BCUT2D eigenvalue weighted by atomic mass is 32.2. The minimum absolute atomic E-state index is 0.183. The first-order valence-corrected chi connectivity index (χ1v) is 10.9. The van der Waals surface area contributed by atoms with E-state index < -0.39 is 15.1 Å². The van der Waals surface area contributed by atoms with E-state index >= 15 is 0 Å². The molecule has 0 aliphatic heterocycles. The first-order valence-electron chi connectivity index (χ1n) is 8.57. The number of sulfone groups is 1. The fourth-order valence-electron chi connectivity index (χ4n) is 2.56. The quantitative estimate of drug-likeness (QED) is 0.652. The molecule has 3 aromatic rings. The molecule has 0 bridgehead atoms. The molecule has 2 aromatic carbocycles. The highest BCUT2D eigenvalue weighted by molar-refractivity contribution is 7.92. The van der Waals surface area contributed by atoms with Gasteiger partial charge in [-0.05, 0) is 69.3 Å². The summed E-state index contributed by atoms with van der Waals surface area (Å²) in [7, 11) is -3.38. The van der Waals surface area contributed by atoms with Crippen LogP contribution in [-0.2, 0) is 9.84 Å². The van der Waals surface area contributed by atoms with Crippen LogP contribution in [0.25, 0.3) is 11.3 Å². The lowest BCUT2D eigenvalue weighted by molar-refractivity contribution is 0.102. The van der Waals surface area contributed by atoms with Crippen LogP contribution in [0.3, 0.4) is 0 Å². The lowest BCUT2D eigenvalue weighted by Gasteiger charge is -2.08. The Balaban J connectivity index is 1.78. The molecule has 0 unspecified atom stereocenters. The zero-order chi connectivity index (χ0) is 20.5. The summed E-state index contributed by atoms with van der Waals surface area (Å²) in [5.41, 5.74) is 1.77. The van der Waals surface area contributed by atoms with Crippen LogP contribution in [0.2, 0.25) is 0 Å². The molecule has 3 rings (SSSR count). The maximum Gasteiger partial charge on any atom is 0.257 e. The van der Waals surface area contributed by atoms with Crippen LogP contribution >= 0.6 is 11.3 Å². The van der Waals surface area contributed by atoms with E-state index in [-0.39, 0.29) is 16.6 Å². The smallest absolute Gasteiger partial charge is 0.257 e. The van der Waals surface area contributed by atoms with Crippen molar-refractivity contribution in [2.45, 2.75) is 30.9 Å². The summed E-state index contributed by atoms with van der Waals surface area (Å²) in [5.74, 6) is -0.707. The van der Waals surface area contributed by atoms with Crippen molar-refractivity contribution in [3.63, 3.8) is 0 Å². The highest BCUT2D eigenvalue weighted by Gasteiger charge is 2.20. The van der Waals surface area contributed by atoms with E-state index in [0.717, 1.165) is 10.4 Å². The molecule has 0 saturated carbocycles. The van der Waals surface area contributed by atoms with Gasteiger partial charge in [-0.25, -0.2) is 17.8 Å². The second-order valence-corrected chi connectivity index (χ2v) is 10.2. The van der Waals surface area contributed by atoms with Gasteiger partial charge >= 0.3 is 0 Å². The number of hydrogen-bond donors (Lipinski definition) is 1. The summed E-state index contributed by atoms with van der Waals surface area (Å²) in [4.78, 5) is 18.0. The summed E-state index contributed by atoms with van der Waals surface area (Å²) in [6, 6.07) is 11.8. The maximum atomic E-state index is 13.1. The van der Waals surface area contributed by atoms with Crippen LogP contribution < -0.4 is 5.32 Å². The number of amides is 1. The third-order valence-electron chi connectivity index (χ3n) is 4.20. The number of hydrogen-bond acceptors (Lipinski definition) is 5. The van der Waals surface area contributed by atoms with Crippen LogP contribution in [0.1, 0.15) is 29.1 Å². The van der Waals surface area contributed by atoms with E-state index in [9.17, 15) is 17.6 Å². The summed E-state index contributed by atoms with van der Waals surface area (Å²) in [6.45, 7) is 5.09. The van der Waals surface area contributed by atoms with Gasteiger partial charge in [-0.3, -0.25) is 10.1 Å². The Morgan fingerprint density at radius 2 is 1.68 bits per heavy atom. The number of nitrogens with zero attached hydrogens (tertiary/aromatic N) is 1. The van der Waals surface area contributed by atoms with Gasteiger partial charge in [0.05, 0.1) is 15.8 Å². The fourth-order valence-corrected chi connectivity index (χ4v) is 4.45. The van der Waals surface area contributed by atoms with Gasteiger partial charge < -0.3 is 0 Å². The molecule has 0 radical (unpaired) electrons. The second kappa shape index (κ2) is 7.81. The van der Waals surface area contributed by atoms with Crippen LogP contribution in [0.4, 0.5) is 9.52 Å². The third kappa shape index (κ3) is 4.13. The molecule has 0 aliphatic rings. The second-order valence-electron chi connectivity index (χ2n) is 6.50. The Hall–Kier alpha value is -2.58. The Bertz CT molecular complexity index is 1100. The first kappa shape index (κ1) is 20.2. The average Bonchev–Trinajstić information content (AvgIpc) is 3.02. The molecule has 0 aliphatic carbocycles.